The molecule has 0 spiro atoms. The summed E-state index contributed by atoms with van der Waals surface area (Å²) >= 11 is 0. The van der Waals surface area contributed by atoms with Crippen molar-refractivity contribution < 1.29 is 19.1 Å². The van der Waals surface area contributed by atoms with Gasteiger partial charge in [-0.25, -0.2) is 0 Å². The molecule has 0 radical (unpaired) electrons. The highest BCUT2D eigenvalue weighted by Crippen LogP contribution is 2.28. The topological polar surface area (TPSA) is 71.1 Å². The zero-order chi connectivity index (χ0) is 21.6. The minimum atomic E-state index is -0.356. The highest BCUT2D eigenvalue weighted by molar-refractivity contribution is 6.00. The number of rotatable bonds is 7. The molecule has 2 aliphatic rings. The number of carbonyl (C=O) groups excluding carboxylic acids is 2. The van der Waals surface area contributed by atoms with E-state index in [4.69, 9.17) is 9.47 Å². The van der Waals surface area contributed by atoms with Crippen molar-refractivity contribution >= 4 is 17.5 Å². The minimum Gasteiger partial charge on any atom is -0.497 e. The van der Waals surface area contributed by atoms with Gasteiger partial charge in [0, 0.05) is 50.9 Å². The van der Waals surface area contributed by atoms with Gasteiger partial charge in [0.05, 0.1) is 26.2 Å². The average molecular weight is 424 g/mol. The second kappa shape index (κ2) is 9.94. The highest BCUT2D eigenvalue weighted by Gasteiger charge is 2.35. The molecule has 2 saturated heterocycles. The number of hydrogen-bond donors (Lipinski definition) is 1. The Kier molecular flexibility index (Phi) is 6.84. The van der Waals surface area contributed by atoms with Gasteiger partial charge < -0.3 is 19.7 Å². The maximum Gasteiger partial charge on any atom is 0.227 e. The lowest BCUT2D eigenvalue weighted by molar-refractivity contribution is -0.126. The molecule has 2 amide bonds. The summed E-state index contributed by atoms with van der Waals surface area (Å²) in [6.07, 6.45) is 0.221. The predicted octanol–water partition coefficient (Wildman–Crippen LogP) is 2.20. The normalized spacial score (nSPS) is 19.5. The van der Waals surface area contributed by atoms with Gasteiger partial charge in [0.1, 0.15) is 5.75 Å². The first kappa shape index (κ1) is 21.3. The molecule has 2 fully saturated rings. The quantitative estimate of drug-likeness (QED) is 0.739. The third kappa shape index (κ3) is 5.24. The summed E-state index contributed by atoms with van der Waals surface area (Å²) in [5.41, 5.74) is 3.08. The Morgan fingerprint density at radius 2 is 1.90 bits per heavy atom. The van der Waals surface area contributed by atoms with Crippen molar-refractivity contribution in [1.29, 1.82) is 0 Å². The number of carbonyl (C=O) groups is 2. The maximum atomic E-state index is 12.8. The lowest BCUT2D eigenvalue weighted by Crippen LogP contribution is -2.36. The molecular formula is C24H29N3O4. The summed E-state index contributed by atoms with van der Waals surface area (Å²) in [5.74, 6) is 0.209. The molecule has 31 heavy (non-hydrogen) atoms. The van der Waals surface area contributed by atoms with E-state index in [9.17, 15) is 9.59 Å². The SMILES string of the molecule is COc1cccc(N2CC(C(=O)NCc3ccccc3CN3CCOCC3)CC2=O)c1. The molecule has 2 aromatic carbocycles. The van der Waals surface area contributed by atoms with Crippen LogP contribution in [0.2, 0.25) is 0 Å². The molecule has 164 valence electrons. The Bertz CT molecular complexity index is 927. The Hall–Kier alpha value is -2.90. The van der Waals surface area contributed by atoms with E-state index in [2.05, 4.69) is 22.3 Å². The summed E-state index contributed by atoms with van der Waals surface area (Å²) < 4.78 is 10.7. The summed E-state index contributed by atoms with van der Waals surface area (Å²) in [5, 5.41) is 3.05. The minimum absolute atomic E-state index is 0.0406. The first-order valence-corrected chi connectivity index (χ1v) is 10.7. The zero-order valence-corrected chi connectivity index (χ0v) is 17.9. The molecule has 7 nitrogen and oxygen atoms in total. The number of amides is 2. The van der Waals surface area contributed by atoms with E-state index in [-0.39, 0.29) is 24.2 Å². The van der Waals surface area contributed by atoms with Crippen molar-refractivity contribution in [1.82, 2.24) is 10.2 Å². The van der Waals surface area contributed by atoms with Crippen molar-refractivity contribution in [3.63, 3.8) is 0 Å². The van der Waals surface area contributed by atoms with Gasteiger partial charge in [-0.1, -0.05) is 30.3 Å². The van der Waals surface area contributed by atoms with Crippen LogP contribution in [0.3, 0.4) is 0 Å². The van der Waals surface area contributed by atoms with Crippen LogP contribution in [-0.2, 0) is 27.4 Å². The van der Waals surface area contributed by atoms with Crippen LogP contribution in [0, 0.1) is 5.92 Å². The van der Waals surface area contributed by atoms with Crippen LogP contribution in [0.4, 0.5) is 5.69 Å². The zero-order valence-electron chi connectivity index (χ0n) is 17.9. The fourth-order valence-electron chi connectivity index (χ4n) is 4.12. The summed E-state index contributed by atoms with van der Waals surface area (Å²) in [4.78, 5) is 29.4. The Morgan fingerprint density at radius 3 is 2.68 bits per heavy atom. The number of ether oxygens (including phenoxy) is 2. The van der Waals surface area contributed by atoms with Gasteiger partial charge in [0.15, 0.2) is 0 Å². The van der Waals surface area contributed by atoms with E-state index in [0.29, 0.717) is 18.8 Å². The molecule has 2 heterocycles. The first-order valence-electron chi connectivity index (χ1n) is 10.7. The molecule has 0 aliphatic carbocycles. The van der Waals surface area contributed by atoms with Crippen LogP contribution < -0.4 is 15.0 Å². The number of nitrogens with one attached hydrogen (secondary N) is 1. The highest BCUT2D eigenvalue weighted by atomic mass is 16.5. The molecule has 0 saturated carbocycles. The predicted molar refractivity (Wildman–Crippen MR) is 118 cm³/mol. The van der Waals surface area contributed by atoms with Gasteiger partial charge in [0.2, 0.25) is 11.8 Å². The molecule has 1 unspecified atom stereocenters. The van der Waals surface area contributed by atoms with E-state index in [1.165, 1.54) is 5.56 Å². The molecule has 1 N–H and O–H groups in total. The molecular weight excluding hydrogens is 394 g/mol. The van der Waals surface area contributed by atoms with Crippen molar-refractivity contribution in [3.8, 4) is 5.75 Å². The first-order chi connectivity index (χ1) is 15.1. The van der Waals surface area contributed by atoms with Gasteiger partial charge >= 0.3 is 0 Å². The van der Waals surface area contributed by atoms with E-state index >= 15 is 0 Å². The van der Waals surface area contributed by atoms with Gasteiger partial charge in [0.25, 0.3) is 0 Å². The summed E-state index contributed by atoms with van der Waals surface area (Å²) in [6.45, 7) is 5.06. The number of methoxy groups -OCH3 is 1. The number of morpholine rings is 1. The van der Waals surface area contributed by atoms with Crippen LogP contribution in [0.15, 0.2) is 48.5 Å². The molecule has 0 bridgehead atoms. The molecule has 2 aromatic rings. The van der Waals surface area contributed by atoms with Crippen molar-refractivity contribution in [2.24, 2.45) is 5.92 Å². The van der Waals surface area contributed by atoms with Crippen LogP contribution in [0.1, 0.15) is 17.5 Å². The third-order valence-corrected chi connectivity index (χ3v) is 5.93. The van der Waals surface area contributed by atoms with E-state index in [1.54, 1.807) is 12.0 Å². The number of anilines is 1. The fraction of sp³-hybridized carbons (Fsp3) is 0.417. The second-order valence-corrected chi connectivity index (χ2v) is 7.98. The van der Waals surface area contributed by atoms with Crippen LogP contribution >= 0.6 is 0 Å². The van der Waals surface area contributed by atoms with Crippen molar-refractivity contribution in [3.05, 3.63) is 59.7 Å². The van der Waals surface area contributed by atoms with Crippen LogP contribution in [0.5, 0.6) is 5.75 Å². The fourth-order valence-corrected chi connectivity index (χ4v) is 4.12. The lowest BCUT2D eigenvalue weighted by Gasteiger charge is -2.27. The lowest BCUT2D eigenvalue weighted by atomic mass is 10.1. The summed E-state index contributed by atoms with van der Waals surface area (Å²) in [6, 6.07) is 15.6. The standard InChI is InChI=1S/C24H29N3O4/c1-30-22-8-4-7-21(14-22)27-17-20(13-23(27)28)24(29)25-15-18-5-2-3-6-19(18)16-26-9-11-31-12-10-26/h2-8,14,20H,9-13,15-17H2,1H3,(H,25,29). The average Bonchev–Trinajstić information content (AvgIpc) is 3.21. The van der Waals surface area contributed by atoms with E-state index in [1.807, 2.05) is 36.4 Å². The van der Waals surface area contributed by atoms with E-state index < -0.39 is 0 Å². The molecule has 0 aromatic heterocycles. The summed E-state index contributed by atoms with van der Waals surface area (Å²) in [7, 11) is 1.60. The largest absolute Gasteiger partial charge is 0.497 e. The van der Waals surface area contributed by atoms with Gasteiger partial charge in [-0.2, -0.15) is 0 Å². The number of nitrogens with zero attached hydrogens (tertiary/aromatic N) is 2. The Labute approximate surface area is 182 Å². The van der Waals surface area contributed by atoms with Crippen molar-refractivity contribution in [2.45, 2.75) is 19.5 Å². The second-order valence-electron chi connectivity index (χ2n) is 7.98. The van der Waals surface area contributed by atoms with Crippen LogP contribution in [-0.4, -0.2) is 56.7 Å². The number of hydrogen-bond acceptors (Lipinski definition) is 5. The Balaban J connectivity index is 1.35. The number of benzene rings is 2. The third-order valence-electron chi connectivity index (χ3n) is 5.93. The molecule has 2 aliphatic heterocycles. The van der Waals surface area contributed by atoms with Gasteiger partial charge in [-0.3, -0.25) is 14.5 Å². The molecule has 4 rings (SSSR count). The van der Waals surface area contributed by atoms with Gasteiger partial charge in [-0.15, -0.1) is 0 Å². The van der Waals surface area contributed by atoms with Crippen LogP contribution in [0.25, 0.3) is 0 Å². The van der Waals surface area contributed by atoms with E-state index in [0.717, 1.165) is 44.1 Å². The van der Waals surface area contributed by atoms with Crippen molar-refractivity contribution in [2.75, 3.05) is 44.9 Å². The molecule has 1 atom stereocenters. The van der Waals surface area contributed by atoms with Gasteiger partial charge in [-0.05, 0) is 23.3 Å². The monoisotopic (exact) mass is 423 g/mol. The smallest absolute Gasteiger partial charge is 0.227 e. The Morgan fingerprint density at radius 1 is 1.13 bits per heavy atom. The maximum absolute atomic E-state index is 12.8. The molecule has 7 heteroatoms.